The van der Waals surface area contributed by atoms with Crippen LogP contribution in [0.15, 0.2) is 28.4 Å². The Kier molecular flexibility index (Phi) is 3.26. The number of ether oxygens (including phenoxy) is 1. The molecule has 2 aliphatic rings. The van der Waals surface area contributed by atoms with Crippen LogP contribution in [-0.4, -0.2) is 22.6 Å². The first-order valence-corrected chi connectivity index (χ1v) is 7.70. The van der Waals surface area contributed by atoms with Gasteiger partial charge in [0, 0.05) is 4.47 Å². The van der Waals surface area contributed by atoms with Gasteiger partial charge in [-0.3, -0.25) is 4.79 Å². The number of hydrogen-bond acceptors (Lipinski definition) is 3. The van der Waals surface area contributed by atoms with Gasteiger partial charge in [0.25, 0.3) is 0 Å². The summed E-state index contributed by atoms with van der Waals surface area (Å²) in [7, 11) is 0. The molecule has 0 unspecified atom stereocenters. The lowest BCUT2D eigenvalue weighted by Gasteiger charge is -2.31. The van der Waals surface area contributed by atoms with Crippen molar-refractivity contribution in [1.82, 2.24) is 0 Å². The number of carbonyl (C=O) groups excluding carboxylic acids is 1. The molecule has 20 heavy (non-hydrogen) atoms. The van der Waals surface area contributed by atoms with Gasteiger partial charge in [0.05, 0.1) is 5.57 Å². The van der Waals surface area contributed by atoms with Gasteiger partial charge in [-0.15, -0.1) is 0 Å². The molecule has 0 spiro atoms. The molecule has 1 N–H and O–H groups in total. The van der Waals surface area contributed by atoms with Gasteiger partial charge >= 0.3 is 0 Å². The molecule has 2 aliphatic heterocycles. The smallest absolute Gasteiger partial charge is 0.195 e. The zero-order chi connectivity index (χ0) is 14.5. The van der Waals surface area contributed by atoms with E-state index in [0.29, 0.717) is 18.4 Å². The molecule has 0 saturated carbocycles. The minimum atomic E-state index is -0.702. The monoisotopic (exact) mass is 336 g/mol. The SMILES string of the molecule is CCc1cc(Br)ccc1C1=C(O)[C@@]2(C)CC[C@H](O2)C1=O. The molecule has 1 aromatic carbocycles. The topological polar surface area (TPSA) is 46.5 Å². The zero-order valence-corrected chi connectivity index (χ0v) is 13.2. The summed E-state index contributed by atoms with van der Waals surface area (Å²) in [5.74, 6) is 0.00256. The number of carbonyl (C=O) groups is 1. The molecule has 2 atom stereocenters. The van der Waals surface area contributed by atoms with Gasteiger partial charge in [-0.1, -0.05) is 28.9 Å². The second kappa shape index (κ2) is 4.71. The average molecular weight is 337 g/mol. The molecule has 3 nitrogen and oxygen atoms in total. The van der Waals surface area contributed by atoms with Gasteiger partial charge in [-0.05, 0) is 49.4 Å². The van der Waals surface area contributed by atoms with E-state index in [1.807, 2.05) is 32.0 Å². The number of rotatable bonds is 2. The third kappa shape index (κ3) is 1.93. The fourth-order valence-electron chi connectivity index (χ4n) is 3.10. The number of ketones is 1. The van der Waals surface area contributed by atoms with Crippen LogP contribution >= 0.6 is 15.9 Å². The standard InChI is InChI=1S/C16H17BrO3/c1-3-9-8-10(17)4-5-11(9)13-14(18)12-6-7-16(2,20-12)15(13)19/h4-5,8,12,19H,3,6-7H2,1-2H3/t12-,16+/m0/s1. The first kappa shape index (κ1) is 13.8. The van der Waals surface area contributed by atoms with Crippen molar-refractivity contribution in [2.45, 2.75) is 44.8 Å². The lowest BCUT2D eigenvalue weighted by atomic mass is 9.88. The molecule has 3 rings (SSSR count). The summed E-state index contributed by atoms with van der Waals surface area (Å²) in [5.41, 5.74) is 1.64. The molecule has 0 radical (unpaired) electrons. The minimum absolute atomic E-state index is 0.0884. The molecule has 1 fully saturated rings. The van der Waals surface area contributed by atoms with Gasteiger partial charge < -0.3 is 9.84 Å². The highest BCUT2D eigenvalue weighted by Crippen LogP contribution is 2.45. The van der Waals surface area contributed by atoms with Crippen LogP contribution in [0.3, 0.4) is 0 Å². The van der Waals surface area contributed by atoms with Gasteiger partial charge in [0.1, 0.15) is 17.5 Å². The normalized spacial score (nSPS) is 29.1. The number of Topliss-reactive ketones (excluding diaryl/α,β-unsaturated/α-hetero) is 1. The van der Waals surface area contributed by atoms with E-state index in [-0.39, 0.29) is 11.5 Å². The highest BCUT2D eigenvalue weighted by molar-refractivity contribution is 9.10. The van der Waals surface area contributed by atoms with Crippen molar-refractivity contribution < 1.29 is 14.6 Å². The van der Waals surface area contributed by atoms with Crippen molar-refractivity contribution in [3.63, 3.8) is 0 Å². The Bertz CT molecular complexity index is 620. The van der Waals surface area contributed by atoms with Crippen LogP contribution in [-0.2, 0) is 16.0 Å². The summed E-state index contributed by atoms with van der Waals surface area (Å²) in [6, 6.07) is 5.81. The van der Waals surface area contributed by atoms with E-state index in [0.717, 1.165) is 22.0 Å². The molecule has 0 amide bonds. The van der Waals surface area contributed by atoms with Crippen LogP contribution in [0.25, 0.3) is 5.57 Å². The van der Waals surface area contributed by atoms with E-state index in [9.17, 15) is 9.90 Å². The van der Waals surface area contributed by atoms with E-state index in [1.165, 1.54) is 0 Å². The van der Waals surface area contributed by atoms with Crippen molar-refractivity contribution in [1.29, 1.82) is 0 Å². The molecule has 2 bridgehead atoms. The minimum Gasteiger partial charge on any atom is -0.508 e. The predicted molar refractivity (Wildman–Crippen MR) is 80.6 cm³/mol. The van der Waals surface area contributed by atoms with Crippen LogP contribution < -0.4 is 0 Å². The fraction of sp³-hybridized carbons (Fsp3) is 0.438. The van der Waals surface area contributed by atoms with E-state index in [2.05, 4.69) is 15.9 Å². The molecule has 0 aliphatic carbocycles. The van der Waals surface area contributed by atoms with Crippen LogP contribution in [0, 0.1) is 0 Å². The Labute approximate surface area is 126 Å². The first-order chi connectivity index (χ1) is 9.46. The zero-order valence-electron chi connectivity index (χ0n) is 11.6. The molecule has 2 heterocycles. The number of hydrogen-bond donors (Lipinski definition) is 1. The van der Waals surface area contributed by atoms with E-state index in [4.69, 9.17) is 4.74 Å². The predicted octanol–water partition coefficient (Wildman–Crippen LogP) is 3.80. The van der Waals surface area contributed by atoms with Crippen molar-refractivity contribution in [2.75, 3.05) is 0 Å². The Morgan fingerprint density at radius 3 is 2.95 bits per heavy atom. The van der Waals surface area contributed by atoms with E-state index in [1.54, 1.807) is 0 Å². The van der Waals surface area contributed by atoms with Crippen LogP contribution in [0.2, 0.25) is 0 Å². The highest BCUT2D eigenvalue weighted by Gasteiger charge is 2.50. The maximum atomic E-state index is 12.5. The Morgan fingerprint density at radius 1 is 1.50 bits per heavy atom. The summed E-state index contributed by atoms with van der Waals surface area (Å²) in [6.07, 6.45) is 1.78. The van der Waals surface area contributed by atoms with Gasteiger partial charge in [0.15, 0.2) is 5.78 Å². The van der Waals surface area contributed by atoms with Crippen molar-refractivity contribution in [3.8, 4) is 0 Å². The summed E-state index contributed by atoms with van der Waals surface area (Å²) in [5, 5.41) is 10.5. The number of benzene rings is 1. The summed E-state index contributed by atoms with van der Waals surface area (Å²) in [4.78, 5) is 12.5. The molecular formula is C16H17BrO3. The van der Waals surface area contributed by atoms with Gasteiger partial charge in [-0.2, -0.15) is 0 Å². The van der Waals surface area contributed by atoms with Crippen LogP contribution in [0.1, 0.15) is 37.8 Å². The Morgan fingerprint density at radius 2 is 2.25 bits per heavy atom. The summed E-state index contributed by atoms with van der Waals surface area (Å²) < 4.78 is 6.67. The number of aliphatic hydroxyl groups is 1. The quantitative estimate of drug-likeness (QED) is 0.893. The second-order valence-electron chi connectivity index (χ2n) is 5.62. The van der Waals surface area contributed by atoms with Crippen molar-refractivity contribution in [2.24, 2.45) is 0 Å². The largest absolute Gasteiger partial charge is 0.508 e. The maximum Gasteiger partial charge on any atom is 0.195 e. The molecule has 0 aromatic heterocycles. The summed E-state index contributed by atoms with van der Waals surface area (Å²) in [6.45, 7) is 3.91. The molecule has 1 saturated heterocycles. The number of halogens is 1. The van der Waals surface area contributed by atoms with Gasteiger partial charge in [0.2, 0.25) is 0 Å². The number of aliphatic hydroxyl groups excluding tert-OH is 1. The first-order valence-electron chi connectivity index (χ1n) is 6.91. The average Bonchev–Trinajstić information content (AvgIpc) is 2.80. The third-order valence-corrected chi connectivity index (χ3v) is 4.77. The summed E-state index contributed by atoms with van der Waals surface area (Å²) >= 11 is 3.45. The maximum absolute atomic E-state index is 12.5. The molecule has 4 heteroatoms. The van der Waals surface area contributed by atoms with Crippen molar-refractivity contribution >= 4 is 27.3 Å². The second-order valence-corrected chi connectivity index (χ2v) is 6.53. The number of aryl methyl sites for hydroxylation is 1. The molecule has 106 valence electrons. The van der Waals surface area contributed by atoms with Gasteiger partial charge in [-0.25, -0.2) is 0 Å². The molecule has 1 aromatic rings. The lowest BCUT2D eigenvalue weighted by Crippen LogP contribution is -2.37. The third-order valence-electron chi connectivity index (χ3n) is 4.28. The van der Waals surface area contributed by atoms with E-state index >= 15 is 0 Å². The Balaban J connectivity index is 2.20. The highest BCUT2D eigenvalue weighted by atomic mass is 79.9. The number of fused-ring (bicyclic) bond motifs is 2. The van der Waals surface area contributed by atoms with E-state index < -0.39 is 11.7 Å². The molecular weight excluding hydrogens is 320 g/mol. The van der Waals surface area contributed by atoms with Crippen LogP contribution in [0.5, 0.6) is 0 Å². The van der Waals surface area contributed by atoms with Crippen LogP contribution in [0.4, 0.5) is 0 Å². The fourth-order valence-corrected chi connectivity index (χ4v) is 3.51. The Hall–Kier alpha value is -1.13. The van der Waals surface area contributed by atoms with Crippen molar-refractivity contribution in [3.05, 3.63) is 39.6 Å². The lowest BCUT2D eigenvalue weighted by molar-refractivity contribution is -0.130.